The molecule has 0 saturated carbocycles. The van der Waals surface area contributed by atoms with Crippen LogP contribution < -0.4 is 10.6 Å². The molecule has 0 aliphatic carbocycles. The zero-order chi connectivity index (χ0) is 15.2. The number of amides is 2. The fourth-order valence-electron chi connectivity index (χ4n) is 2.27. The summed E-state index contributed by atoms with van der Waals surface area (Å²) in [5, 5.41) is 5.23. The lowest BCUT2D eigenvalue weighted by Crippen LogP contribution is -2.49. The largest absolute Gasteiger partial charge is 0.467 e. The number of nitrogens with one attached hydrogen (secondary N) is 2. The van der Waals surface area contributed by atoms with Gasteiger partial charge in [0.1, 0.15) is 12.1 Å². The third kappa shape index (κ3) is 4.05. The van der Waals surface area contributed by atoms with Crippen LogP contribution in [0.5, 0.6) is 0 Å². The van der Waals surface area contributed by atoms with Crippen molar-refractivity contribution in [2.24, 2.45) is 0 Å². The van der Waals surface area contributed by atoms with Gasteiger partial charge in [0.2, 0.25) is 11.8 Å². The van der Waals surface area contributed by atoms with Gasteiger partial charge in [-0.25, -0.2) is 4.79 Å². The molecule has 6 nitrogen and oxygen atoms in total. The summed E-state index contributed by atoms with van der Waals surface area (Å²) in [5.41, 5.74) is 0.920. The monoisotopic (exact) mass is 290 g/mol. The molecule has 2 amide bonds. The standard InChI is InChI=1S/C15H18N2O4/c1-21-15(20)12(9-10-5-3-2-4-6-10)17-14(19)11-7-8-13(18)16-11/h2-6,11-12H,7-9H2,1H3,(H,16,18)(H,17,19)/t11-,12-/m1/s1. The molecule has 2 N–H and O–H groups in total. The highest BCUT2D eigenvalue weighted by Gasteiger charge is 2.30. The highest BCUT2D eigenvalue weighted by molar-refractivity contribution is 5.93. The predicted octanol–water partition coefficient (Wildman–Crippen LogP) is 0.166. The molecule has 1 saturated heterocycles. The maximum Gasteiger partial charge on any atom is 0.328 e. The molecule has 6 heteroatoms. The highest BCUT2D eigenvalue weighted by Crippen LogP contribution is 2.09. The average molecular weight is 290 g/mol. The Balaban J connectivity index is 2.01. The topological polar surface area (TPSA) is 84.5 Å². The second-order valence-electron chi connectivity index (χ2n) is 4.93. The summed E-state index contributed by atoms with van der Waals surface area (Å²) in [4.78, 5) is 35.0. The minimum atomic E-state index is -0.762. The summed E-state index contributed by atoms with van der Waals surface area (Å²) < 4.78 is 4.73. The highest BCUT2D eigenvalue weighted by atomic mass is 16.5. The van der Waals surface area contributed by atoms with Crippen molar-refractivity contribution in [1.29, 1.82) is 0 Å². The molecule has 0 bridgehead atoms. The fraction of sp³-hybridized carbons (Fsp3) is 0.400. The fourth-order valence-corrected chi connectivity index (χ4v) is 2.27. The summed E-state index contributed by atoms with van der Waals surface area (Å²) in [6, 6.07) is 8.02. The number of carbonyl (C=O) groups is 3. The van der Waals surface area contributed by atoms with Gasteiger partial charge in [-0.05, 0) is 12.0 Å². The van der Waals surface area contributed by atoms with Gasteiger partial charge in [0, 0.05) is 12.8 Å². The lowest BCUT2D eigenvalue weighted by molar-refractivity contribution is -0.145. The molecule has 0 spiro atoms. The Bertz CT molecular complexity index is 530. The van der Waals surface area contributed by atoms with E-state index in [1.54, 1.807) is 0 Å². The minimum absolute atomic E-state index is 0.146. The van der Waals surface area contributed by atoms with E-state index >= 15 is 0 Å². The van der Waals surface area contributed by atoms with E-state index in [0.29, 0.717) is 19.3 Å². The normalized spacial score (nSPS) is 18.7. The number of methoxy groups -OCH3 is 1. The molecule has 1 heterocycles. The van der Waals surface area contributed by atoms with E-state index in [9.17, 15) is 14.4 Å². The zero-order valence-electron chi connectivity index (χ0n) is 11.8. The van der Waals surface area contributed by atoms with Crippen molar-refractivity contribution >= 4 is 17.8 Å². The molecule has 112 valence electrons. The Morgan fingerprint density at radius 2 is 2.10 bits per heavy atom. The van der Waals surface area contributed by atoms with Crippen molar-refractivity contribution in [2.45, 2.75) is 31.3 Å². The van der Waals surface area contributed by atoms with Gasteiger partial charge in [-0.2, -0.15) is 0 Å². The van der Waals surface area contributed by atoms with Gasteiger partial charge in [0.05, 0.1) is 7.11 Å². The van der Waals surface area contributed by atoms with E-state index < -0.39 is 18.1 Å². The number of carbonyl (C=O) groups excluding carboxylic acids is 3. The van der Waals surface area contributed by atoms with Crippen molar-refractivity contribution in [2.75, 3.05) is 7.11 Å². The molecular weight excluding hydrogens is 272 g/mol. The van der Waals surface area contributed by atoms with Crippen LogP contribution in [0.25, 0.3) is 0 Å². The lowest BCUT2D eigenvalue weighted by Gasteiger charge is -2.19. The van der Waals surface area contributed by atoms with Crippen LogP contribution in [0, 0.1) is 0 Å². The van der Waals surface area contributed by atoms with Gasteiger partial charge in [0.15, 0.2) is 0 Å². The average Bonchev–Trinajstić information content (AvgIpc) is 2.93. The van der Waals surface area contributed by atoms with Gasteiger partial charge < -0.3 is 15.4 Å². The van der Waals surface area contributed by atoms with Crippen LogP contribution in [0.1, 0.15) is 18.4 Å². The van der Waals surface area contributed by atoms with Gasteiger partial charge in [0.25, 0.3) is 0 Å². The van der Waals surface area contributed by atoms with Gasteiger partial charge >= 0.3 is 5.97 Å². The molecule has 1 fully saturated rings. The predicted molar refractivity (Wildman–Crippen MR) is 75.3 cm³/mol. The Kier molecular flexibility index (Phi) is 4.92. The quantitative estimate of drug-likeness (QED) is 0.757. The zero-order valence-corrected chi connectivity index (χ0v) is 11.8. The molecule has 0 radical (unpaired) electrons. The maximum atomic E-state index is 12.1. The van der Waals surface area contributed by atoms with E-state index in [1.807, 2.05) is 30.3 Å². The van der Waals surface area contributed by atoms with E-state index in [1.165, 1.54) is 7.11 Å². The molecule has 2 atom stereocenters. The van der Waals surface area contributed by atoms with E-state index in [2.05, 4.69) is 10.6 Å². The maximum absolute atomic E-state index is 12.1. The van der Waals surface area contributed by atoms with E-state index in [0.717, 1.165) is 5.56 Å². The first kappa shape index (κ1) is 15.0. The summed E-state index contributed by atoms with van der Waals surface area (Å²) in [6.45, 7) is 0. The summed E-state index contributed by atoms with van der Waals surface area (Å²) in [6.07, 6.45) is 1.13. The molecular formula is C15H18N2O4. The van der Waals surface area contributed by atoms with Crippen LogP contribution in [-0.2, 0) is 25.5 Å². The van der Waals surface area contributed by atoms with Crippen LogP contribution in [0.3, 0.4) is 0 Å². The van der Waals surface area contributed by atoms with Crippen molar-refractivity contribution in [3.05, 3.63) is 35.9 Å². The number of rotatable bonds is 5. The smallest absolute Gasteiger partial charge is 0.328 e. The first-order chi connectivity index (χ1) is 10.1. The SMILES string of the molecule is COC(=O)[C@@H](Cc1ccccc1)NC(=O)[C@H]1CCC(=O)N1. The summed E-state index contributed by atoms with van der Waals surface area (Å²) in [5.74, 6) is -1.00. The Hall–Kier alpha value is -2.37. The number of hydrogen-bond donors (Lipinski definition) is 2. The van der Waals surface area contributed by atoms with E-state index in [4.69, 9.17) is 4.74 Å². The second-order valence-corrected chi connectivity index (χ2v) is 4.93. The molecule has 0 aromatic heterocycles. The van der Waals surface area contributed by atoms with Gasteiger partial charge in [-0.15, -0.1) is 0 Å². The van der Waals surface area contributed by atoms with Crippen LogP contribution in [0.15, 0.2) is 30.3 Å². The van der Waals surface area contributed by atoms with E-state index in [-0.39, 0.29) is 11.8 Å². The second kappa shape index (κ2) is 6.88. The third-order valence-corrected chi connectivity index (χ3v) is 3.40. The molecule has 1 aliphatic rings. The first-order valence-corrected chi connectivity index (χ1v) is 6.81. The molecule has 21 heavy (non-hydrogen) atoms. The first-order valence-electron chi connectivity index (χ1n) is 6.81. The minimum Gasteiger partial charge on any atom is -0.467 e. The molecule has 1 aliphatic heterocycles. The van der Waals surface area contributed by atoms with Gasteiger partial charge in [-0.3, -0.25) is 9.59 Å². The van der Waals surface area contributed by atoms with Gasteiger partial charge in [-0.1, -0.05) is 30.3 Å². The Labute approximate surface area is 122 Å². The Morgan fingerprint density at radius 1 is 1.38 bits per heavy atom. The van der Waals surface area contributed by atoms with Crippen molar-refractivity contribution in [3.63, 3.8) is 0 Å². The van der Waals surface area contributed by atoms with Crippen LogP contribution in [0.4, 0.5) is 0 Å². The van der Waals surface area contributed by atoms with Crippen LogP contribution in [-0.4, -0.2) is 37.0 Å². The third-order valence-electron chi connectivity index (χ3n) is 3.40. The van der Waals surface area contributed by atoms with Crippen LogP contribution >= 0.6 is 0 Å². The lowest BCUT2D eigenvalue weighted by atomic mass is 10.1. The Morgan fingerprint density at radius 3 is 2.67 bits per heavy atom. The van der Waals surface area contributed by atoms with Crippen LogP contribution in [0.2, 0.25) is 0 Å². The summed E-state index contributed by atoms with van der Waals surface area (Å²) >= 11 is 0. The molecule has 1 aromatic rings. The van der Waals surface area contributed by atoms with Crippen molar-refractivity contribution in [1.82, 2.24) is 10.6 Å². The molecule has 1 aromatic carbocycles. The summed E-state index contributed by atoms with van der Waals surface area (Å²) in [7, 11) is 1.28. The molecule has 0 unspecified atom stereocenters. The van der Waals surface area contributed by atoms with Crippen molar-refractivity contribution < 1.29 is 19.1 Å². The number of benzene rings is 1. The number of hydrogen-bond acceptors (Lipinski definition) is 4. The number of ether oxygens (including phenoxy) is 1. The number of esters is 1. The molecule has 2 rings (SSSR count). The van der Waals surface area contributed by atoms with Crippen molar-refractivity contribution in [3.8, 4) is 0 Å².